The van der Waals surface area contributed by atoms with E-state index in [0.717, 1.165) is 0 Å². The average molecular weight is 466 g/mol. The molecule has 0 saturated carbocycles. The molecule has 0 aromatic heterocycles. The van der Waals surface area contributed by atoms with Crippen LogP contribution in [0.15, 0.2) is 30.3 Å². The van der Waals surface area contributed by atoms with Gasteiger partial charge in [-0.1, -0.05) is 50.1 Å². The molecule has 0 spiro atoms. The molecular weight excluding hydrogens is 448 g/mol. The van der Waals surface area contributed by atoms with Gasteiger partial charge in [0.2, 0.25) is 5.79 Å². The molecule has 1 saturated heterocycles. The number of carbonyl (C=O) groups is 2. The Kier molecular flexibility index (Phi) is 6.41. The molecule has 0 amide bonds. The maximum atomic E-state index is 12.3. The second-order valence-electron chi connectivity index (χ2n) is 5.40. The van der Waals surface area contributed by atoms with E-state index in [0.29, 0.717) is 5.56 Å². The van der Waals surface area contributed by atoms with Crippen LogP contribution in [0.4, 0.5) is 0 Å². The minimum absolute atomic E-state index is 0.418. The number of rotatable bonds is 4. The van der Waals surface area contributed by atoms with Crippen LogP contribution in [0.1, 0.15) is 24.2 Å². The van der Waals surface area contributed by atoms with Gasteiger partial charge in [0, 0.05) is 14.0 Å². The molecule has 1 heterocycles. The van der Waals surface area contributed by atoms with Gasteiger partial charge in [-0.25, -0.2) is 4.79 Å². The van der Waals surface area contributed by atoms with Crippen molar-refractivity contribution in [3.05, 3.63) is 35.9 Å². The normalized spacial score (nSPS) is 32.9. The van der Waals surface area contributed by atoms with E-state index >= 15 is 0 Å². The summed E-state index contributed by atoms with van der Waals surface area (Å²) in [5.41, 5.74) is 0.418. The van der Waals surface area contributed by atoms with Gasteiger partial charge in [-0.15, -0.1) is 0 Å². The summed E-state index contributed by atoms with van der Waals surface area (Å²) in [6, 6.07) is 8.61. The van der Waals surface area contributed by atoms with Crippen molar-refractivity contribution < 1.29 is 28.5 Å². The number of alkyl halides is 2. The molecule has 1 aromatic rings. The number of hydrogen-bond donors (Lipinski definition) is 0. The Balaban J connectivity index is 2.20. The number of halogens is 2. The topological polar surface area (TPSA) is 71.1 Å². The molecule has 1 aliphatic heterocycles. The van der Waals surface area contributed by atoms with Crippen LogP contribution in [0, 0.1) is 0 Å². The molecule has 0 N–H and O–H groups in total. The number of carbonyl (C=O) groups excluding carboxylic acids is 2. The lowest BCUT2D eigenvalue weighted by molar-refractivity contribution is -0.301. The molecular formula is C16H18Br2O6. The third-order valence-corrected chi connectivity index (χ3v) is 5.38. The van der Waals surface area contributed by atoms with E-state index in [1.54, 1.807) is 31.2 Å². The molecule has 0 unspecified atom stereocenters. The fourth-order valence-corrected chi connectivity index (χ4v) is 4.55. The molecule has 1 aromatic carbocycles. The van der Waals surface area contributed by atoms with Crippen molar-refractivity contribution in [1.82, 2.24) is 0 Å². The van der Waals surface area contributed by atoms with Gasteiger partial charge in [-0.2, -0.15) is 0 Å². The quantitative estimate of drug-likeness (QED) is 0.502. The Bertz CT molecular complexity index is 595. The molecule has 8 heteroatoms. The van der Waals surface area contributed by atoms with E-state index in [4.69, 9.17) is 18.9 Å². The molecule has 0 bridgehead atoms. The summed E-state index contributed by atoms with van der Waals surface area (Å²) in [5.74, 6) is -2.18. The molecule has 5 atom stereocenters. The highest BCUT2D eigenvalue weighted by Crippen LogP contribution is 2.39. The molecule has 132 valence electrons. The van der Waals surface area contributed by atoms with Crippen LogP contribution in [0.2, 0.25) is 0 Å². The highest BCUT2D eigenvalue weighted by atomic mass is 79.9. The zero-order chi connectivity index (χ0) is 17.9. The van der Waals surface area contributed by atoms with Crippen molar-refractivity contribution in [3.8, 4) is 0 Å². The maximum absolute atomic E-state index is 12.3. The van der Waals surface area contributed by atoms with E-state index in [9.17, 15) is 9.59 Å². The molecule has 0 radical (unpaired) electrons. The molecule has 2 rings (SSSR count). The van der Waals surface area contributed by atoms with Gasteiger partial charge in [-0.05, 0) is 19.1 Å². The van der Waals surface area contributed by atoms with Crippen LogP contribution >= 0.6 is 31.9 Å². The van der Waals surface area contributed by atoms with Crippen molar-refractivity contribution in [2.45, 2.75) is 41.7 Å². The minimum atomic E-state index is -1.19. The zero-order valence-corrected chi connectivity index (χ0v) is 16.6. The predicted molar refractivity (Wildman–Crippen MR) is 93.1 cm³/mol. The minimum Gasteiger partial charge on any atom is -0.455 e. The van der Waals surface area contributed by atoms with Crippen molar-refractivity contribution in [1.29, 1.82) is 0 Å². The van der Waals surface area contributed by atoms with Gasteiger partial charge in [0.05, 0.1) is 10.4 Å². The molecule has 0 aliphatic carbocycles. The summed E-state index contributed by atoms with van der Waals surface area (Å²) in [6.07, 6.45) is -1.53. The summed E-state index contributed by atoms with van der Waals surface area (Å²) in [4.78, 5) is 23.2. The second-order valence-corrected chi connectivity index (χ2v) is 7.36. The van der Waals surface area contributed by atoms with Crippen LogP contribution in [0.3, 0.4) is 0 Å². The smallest absolute Gasteiger partial charge is 0.338 e. The predicted octanol–water partition coefficient (Wildman–Crippen LogP) is 3.02. The number of methoxy groups -OCH3 is 1. The number of hydrogen-bond acceptors (Lipinski definition) is 6. The Morgan fingerprint density at radius 1 is 1.17 bits per heavy atom. The van der Waals surface area contributed by atoms with Crippen LogP contribution in [-0.2, 0) is 23.7 Å². The first kappa shape index (κ1) is 19.4. The molecule has 1 fully saturated rings. The van der Waals surface area contributed by atoms with E-state index in [-0.39, 0.29) is 0 Å². The van der Waals surface area contributed by atoms with Gasteiger partial charge < -0.3 is 18.9 Å². The van der Waals surface area contributed by atoms with Crippen LogP contribution in [0.25, 0.3) is 0 Å². The van der Waals surface area contributed by atoms with Crippen LogP contribution < -0.4 is 0 Å². The number of ether oxygens (including phenoxy) is 4. The Hall–Kier alpha value is -0.960. The van der Waals surface area contributed by atoms with E-state index in [1.807, 2.05) is 6.07 Å². The third kappa shape index (κ3) is 4.17. The highest BCUT2D eigenvalue weighted by Gasteiger charge is 2.55. The fraction of sp³-hybridized carbons (Fsp3) is 0.500. The van der Waals surface area contributed by atoms with Gasteiger partial charge in [0.15, 0.2) is 17.2 Å². The zero-order valence-electron chi connectivity index (χ0n) is 13.4. The number of esters is 2. The van der Waals surface area contributed by atoms with Crippen molar-refractivity contribution >= 4 is 43.8 Å². The summed E-state index contributed by atoms with van der Waals surface area (Å²) in [5, 5.41) is -0.647. The standard InChI is InChI=1S/C16H18Br2O6/c1-9(19)22-13-11(17)12(14(18)24-16(13,2)21-3)23-15(20)10-7-5-4-6-8-10/h4-8,11-14H,1-3H3/t11-,12+,13+,14-,16-/m0/s1. The highest BCUT2D eigenvalue weighted by molar-refractivity contribution is 9.10. The number of benzene rings is 1. The van der Waals surface area contributed by atoms with Gasteiger partial charge in [0.25, 0.3) is 0 Å². The lowest BCUT2D eigenvalue weighted by atomic mass is 10.0. The van der Waals surface area contributed by atoms with Gasteiger partial charge >= 0.3 is 11.9 Å². The van der Waals surface area contributed by atoms with Crippen LogP contribution in [-0.4, -0.2) is 46.9 Å². The summed E-state index contributed by atoms with van der Waals surface area (Å²) in [7, 11) is 1.45. The van der Waals surface area contributed by atoms with Crippen molar-refractivity contribution in [3.63, 3.8) is 0 Å². The first-order valence-electron chi connectivity index (χ1n) is 7.23. The van der Waals surface area contributed by atoms with Crippen LogP contribution in [0.5, 0.6) is 0 Å². The maximum Gasteiger partial charge on any atom is 0.338 e. The largest absolute Gasteiger partial charge is 0.455 e. The fourth-order valence-electron chi connectivity index (χ4n) is 2.36. The van der Waals surface area contributed by atoms with Gasteiger partial charge in [0.1, 0.15) is 0 Å². The SMILES string of the molecule is CO[C@@]1(C)O[C@H](Br)[C@H](OC(=O)c2ccccc2)[C@H](Br)[C@H]1OC(C)=O. The first-order valence-corrected chi connectivity index (χ1v) is 9.06. The van der Waals surface area contributed by atoms with Crippen molar-refractivity contribution in [2.75, 3.05) is 7.11 Å². The second kappa shape index (κ2) is 7.95. The molecule has 6 nitrogen and oxygen atoms in total. The molecule has 1 aliphatic rings. The average Bonchev–Trinajstić information content (AvgIpc) is 2.56. The van der Waals surface area contributed by atoms with Gasteiger partial charge in [-0.3, -0.25) is 4.79 Å². The van der Waals surface area contributed by atoms with Crippen molar-refractivity contribution in [2.24, 2.45) is 0 Å². The summed E-state index contributed by atoms with van der Waals surface area (Å²) < 4.78 is 22.0. The van der Waals surface area contributed by atoms with E-state index in [2.05, 4.69) is 31.9 Å². The Morgan fingerprint density at radius 2 is 1.79 bits per heavy atom. The Labute approximate surface area is 157 Å². The lowest BCUT2D eigenvalue weighted by Gasteiger charge is -2.46. The molecule has 24 heavy (non-hydrogen) atoms. The monoisotopic (exact) mass is 464 g/mol. The van der Waals surface area contributed by atoms with E-state index < -0.39 is 39.8 Å². The third-order valence-electron chi connectivity index (χ3n) is 3.68. The summed E-state index contributed by atoms with van der Waals surface area (Å²) >= 11 is 6.82. The van der Waals surface area contributed by atoms with E-state index in [1.165, 1.54) is 14.0 Å². The summed E-state index contributed by atoms with van der Waals surface area (Å²) in [6.45, 7) is 2.94. The first-order chi connectivity index (χ1) is 11.3. The lowest BCUT2D eigenvalue weighted by Crippen LogP contribution is -2.62. The Morgan fingerprint density at radius 3 is 2.33 bits per heavy atom.